The number of ether oxygens (including phenoxy) is 1. The van der Waals surface area contributed by atoms with E-state index in [4.69, 9.17) is 4.74 Å². The fraction of sp³-hybridized carbons (Fsp3) is 0.321. The third-order valence-corrected chi connectivity index (χ3v) is 6.56. The summed E-state index contributed by atoms with van der Waals surface area (Å²) in [5.41, 5.74) is 4.89. The fourth-order valence-corrected chi connectivity index (χ4v) is 4.61. The Hall–Kier alpha value is -3.94. The number of carbonyl (C=O) groups is 3. The number of carbonyl (C=O) groups excluding carboxylic acids is 3. The van der Waals surface area contributed by atoms with Gasteiger partial charge in [0.05, 0.1) is 11.3 Å². The van der Waals surface area contributed by atoms with Crippen molar-refractivity contribution in [3.8, 4) is 5.69 Å². The molecule has 8 heteroatoms. The number of rotatable bonds is 6. The van der Waals surface area contributed by atoms with Gasteiger partial charge in [0.1, 0.15) is 5.82 Å². The molecule has 0 saturated carbocycles. The summed E-state index contributed by atoms with van der Waals surface area (Å²) < 4.78 is 21.8. The lowest BCUT2D eigenvalue weighted by molar-refractivity contribution is -0.134. The first-order valence-electron chi connectivity index (χ1n) is 11.9. The molecule has 4 rings (SSSR count). The molecule has 0 radical (unpaired) electrons. The number of ketones is 1. The van der Waals surface area contributed by atoms with Crippen LogP contribution < -0.4 is 4.90 Å². The molecule has 3 aromatic rings. The minimum atomic E-state index is -0.540. The smallest absolute Gasteiger partial charge is 0.340 e. The number of aromatic nitrogens is 1. The zero-order chi connectivity index (χ0) is 26.0. The number of nitrogens with zero attached hydrogens (tertiary/aromatic N) is 3. The van der Waals surface area contributed by atoms with Crippen molar-refractivity contribution in [2.45, 2.75) is 27.7 Å². The van der Waals surface area contributed by atoms with Gasteiger partial charge in [-0.3, -0.25) is 9.59 Å². The van der Waals surface area contributed by atoms with E-state index in [1.54, 1.807) is 23.1 Å². The Morgan fingerprint density at radius 3 is 2.31 bits per heavy atom. The Morgan fingerprint density at radius 2 is 1.67 bits per heavy atom. The first-order valence-corrected chi connectivity index (χ1v) is 11.9. The van der Waals surface area contributed by atoms with E-state index < -0.39 is 11.8 Å². The molecule has 1 aliphatic heterocycles. The van der Waals surface area contributed by atoms with Crippen molar-refractivity contribution in [3.05, 3.63) is 82.4 Å². The van der Waals surface area contributed by atoms with Crippen molar-refractivity contribution >= 4 is 23.3 Å². The van der Waals surface area contributed by atoms with Gasteiger partial charge in [-0.05, 0) is 69.7 Å². The number of esters is 1. The lowest BCUT2D eigenvalue weighted by Gasteiger charge is -2.36. The SMILES string of the molecule is CC(=O)c1ccc(N2CCN(C(=O)COC(=O)c3cc(C)n(-c4cccc(C)c4)c3C)CC2)c(F)c1. The molecule has 1 aliphatic rings. The van der Waals surface area contributed by atoms with Gasteiger partial charge in [0.2, 0.25) is 0 Å². The van der Waals surface area contributed by atoms with Crippen LogP contribution in [0.1, 0.15) is 44.6 Å². The minimum Gasteiger partial charge on any atom is -0.452 e. The monoisotopic (exact) mass is 491 g/mol. The number of Topliss-reactive ketones (excluding diaryl/α,β-unsaturated/α-hetero) is 1. The molecule has 0 aliphatic carbocycles. The number of hydrogen-bond acceptors (Lipinski definition) is 5. The molecular formula is C28H30FN3O4. The molecule has 0 N–H and O–H groups in total. The van der Waals surface area contributed by atoms with Gasteiger partial charge < -0.3 is 19.1 Å². The quantitative estimate of drug-likeness (QED) is 0.381. The largest absolute Gasteiger partial charge is 0.452 e. The van der Waals surface area contributed by atoms with E-state index >= 15 is 0 Å². The van der Waals surface area contributed by atoms with Gasteiger partial charge in [-0.1, -0.05) is 12.1 Å². The maximum atomic E-state index is 14.5. The topological polar surface area (TPSA) is 71.9 Å². The number of benzene rings is 2. The molecule has 0 unspecified atom stereocenters. The van der Waals surface area contributed by atoms with Crippen LogP contribution in [0.4, 0.5) is 10.1 Å². The fourth-order valence-electron chi connectivity index (χ4n) is 4.61. The van der Waals surface area contributed by atoms with Crippen molar-refractivity contribution in [1.82, 2.24) is 9.47 Å². The van der Waals surface area contributed by atoms with Crippen LogP contribution >= 0.6 is 0 Å². The number of hydrogen-bond donors (Lipinski definition) is 0. The third kappa shape index (κ3) is 5.17. The summed E-state index contributed by atoms with van der Waals surface area (Å²) in [6.45, 7) is 8.48. The van der Waals surface area contributed by atoms with E-state index in [0.29, 0.717) is 43.0 Å². The lowest BCUT2D eigenvalue weighted by Crippen LogP contribution is -2.50. The second kappa shape index (κ2) is 10.4. The van der Waals surface area contributed by atoms with Crippen molar-refractivity contribution in [1.29, 1.82) is 0 Å². The van der Waals surface area contributed by atoms with Crippen molar-refractivity contribution in [2.75, 3.05) is 37.7 Å². The van der Waals surface area contributed by atoms with Crippen LogP contribution in [0.25, 0.3) is 5.69 Å². The van der Waals surface area contributed by atoms with Crippen LogP contribution in [0.15, 0.2) is 48.5 Å². The van der Waals surface area contributed by atoms with Crippen LogP contribution in [0.2, 0.25) is 0 Å². The first-order chi connectivity index (χ1) is 17.2. The number of halogens is 1. The molecule has 1 saturated heterocycles. The zero-order valence-corrected chi connectivity index (χ0v) is 21.0. The Bertz CT molecular complexity index is 1320. The van der Waals surface area contributed by atoms with Crippen LogP contribution in [0.5, 0.6) is 0 Å². The van der Waals surface area contributed by atoms with E-state index in [1.807, 2.05) is 54.5 Å². The normalized spacial score (nSPS) is 13.6. The van der Waals surface area contributed by atoms with Gasteiger partial charge >= 0.3 is 5.97 Å². The Labute approximate surface area is 210 Å². The summed E-state index contributed by atoms with van der Waals surface area (Å²) in [5, 5.41) is 0. The summed E-state index contributed by atoms with van der Waals surface area (Å²) in [6.07, 6.45) is 0. The van der Waals surface area contributed by atoms with Gasteiger partial charge in [-0.25, -0.2) is 9.18 Å². The average Bonchev–Trinajstić information content (AvgIpc) is 3.16. The zero-order valence-electron chi connectivity index (χ0n) is 21.0. The standard InChI is InChI=1S/C28H30FN3O4/c1-18-6-5-7-23(14-18)32-19(2)15-24(20(32)3)28(35)36-17-27(34)31-12-10-30(11-13-31)26-9-8-22(21(4)33)16-25(26)29/h5-9,14-16H,10-13,17H2,1-4H3. The molecule has 1 amide bonds. The molecule has 0 atom stereocenters. The maximum absolute atomic E-state index is 14.5. The molecule has 188 valence electrons. The van der Waals surface area contributed by atoms with Gasteiger partial charge in [-0.15, -0.1) is 0 Å². The predicted octanol–water partition coefficient (Wildman–Crippen LogP) is 4.25. The van der Waals surface area contributed by atoms with Gasteiger partial charge in [0.15, 0.2) is 12.4 Å². The lowest BCUT2D eigenvalue weighted by atomic mass is 10.1. The van der Waals surface area contributed by atoms with Crippen molar-refractivity contribution in [2.24, 2.45) is 0 Å². The van der Waals surface area contributed by atoms with E-state index in [-0.39, 0.29) is 18.3 Å². The number of anilines is 1. The second-order valence-corrected chi connectivity index (χ2v) is 9.13. The highest BCUT2D eigenvalue weighted by atomic mass is 19.1. The average molecular weight is 492 g/mol. The third-order valence-electron chi connectivity index (χ3n) is 6.56. The molecule has 0 bridgehead atoms. The molecule has 0 spiro atoms. The van der Waals surface area contributed by atoms with Crippen molar-refractivity contribution in [3.63, 3.8) is 0 Å². The molecule has 7 nitrogen and oxygen atoms in total. The summed E-state index contributed by atoms with van der Waals surface area (Å²) in [6, 6.07) is 14.2. The van der Waals surface area contributed by atoms with Crippen molar-refractivity contribution < 1.29 is 23.5 Å². The molecule has 1 aromatic heterocycles. The maximum Gasteiger partial charge on any atom is 0.340 e. The summed E-state index contributed by atoms with van der Waals surface area (Å²) in [7, 11) is 0. The van der Waals surface area contributed by atoms with Crippen LogP contribution in [0.3, 0.4) is 0 Å². The molecule has 36 heavy (non-hydrogen) atoms. The molecular weight excluding hydrogens is 461 g/mol. The number of amides is 1. The minimum absolute atomic E-state index is 0.192. The van der Waals surface area contributed by atoms with Gasteiger partial charge in [0.25, 0.3) is 5.91 Å². The Kier molecular flexibility index (Phi) is 7.24. The molecule has 1 fully saturated rings. The van der Waals surface area contributed by atoms with E-state index in [0.717, 1.165) is 22.6 Å². The molecule has 2 aromatic carbocycles. The van der Waals surface area contributed by atoms with Gasteiger partial charge in [0, 0.05) is 48.8 Å². The predicted molar refractivity (Wildman–Crippen MR) is 135 cm³/mol. The Morgan fingerprint density at radius 1 is 0.944 bits per heavy atom. The van der Waals surface area contributed by atoms with E-state index in [2.05, 4.69) is 0 Å². The van der Waals surface area contributed by atoms with Gasteiger partial charge in [-0.2, -0.15) is 0 Å². The van der Waals surface area contributed by atoms with E-state index in [9.17, 15) is 18.8 Å². The van der Waals surface area contributed by atoms with Crippen LogP contribution in [-0.2, 0) is 9.53 Å². The first kappa shape index (κ1) is 25.2. The van der Waals surface area contributed by atoms with E-state index in [1.165, 1.54) is 13.0 Å². The molecule has 2 heterocycles. The van der Waals surface area contributed by atoms with Crippen LogP contribution in [0, 0.1) is 26.6 Å². The summed E-state index contributed by atoms with van der Waals surface area (Å²) in [4.78, 5) is 40.4. The number of piperazine rings is 1. The highest BCUT2D eigenvalue weighted by Crippen LogP contribution is 2.24. The Balaban J connectivity index is 1.34. The number of aryl methyl sites for hydroxylation is 2. The highest BCUT2D eigenvalue weighted by Gasteiger charge is 2.25. The highest BCUT2D eigenvalue weighted by molar-refractivity contribution is 5.94. The second-order valence-electron chi connectivity index (χ2n) is 9.13. The summed E-state index contributed by atoms with van der Waals surface area (Å²) >= 11 is 0. The van der Waals surface area contributed by atoms with Crippen LogP contribution in [-0.4, -0.2) is 59.9 Å². The summed E-state index contributed by atoms with van der Waals surface area (Å²) in [5.74, 6) is -1.48.